The van der Waals surface area contributed by atoms with Gasteiger partial charge in [0.1, 0.15) is 12.1 Å². The van der Waals surface area contributed by atoms with Gasteiger partial charge in [-0.05, 0) is 72.2 Å². The van der Waals surface area contributed by atoms with E-state index in [1.165, 1.54) is 12.7 Å². The summed E-state index contributed by atoms with van der Waals surface area (Å²) in [7, 11) is -2.23. The molecule has 0 aromatic carbocycles. The second-order valence-electron chi connectivity index (χ2n) is 14.7. The number of allylic oxidation sites excluding steroid dienone is 3. The Morgan fingerprint density at radius 1 is 1.12 bits per heavy atom. The highest BCUT2D eigenvalue weighted by atomic mass is 32.2. The number of esters is 1. The van der Waals surface area contributed by atoms with Gasteiger partial charge < -0.3 is 4.74 Å². The van der Waals surface area contributed by atoms with Gasteiger partial charge in [0.05, 0.1) is 25.4 Å². The summed E-state index contributed by atoms with van der Waals surface area (Å²) >= 11 is 0. The minimum absolute atomic E-state index is 0.00472. The van der Waals surface area contributed by atoms with Crippen LogP contribution in [0.4, 0.5) is 0 Å². The zero-order valence-electron chi connectivity index (χ0n) is 25.3. The van der Waals surface area contributed by atoms with Crippen LogP contribution in [0.2, 0.25) is 0 Å². The van der Waals surface area contributed by atoms with Gasteiger partial charge in [-0.1, -0.05) is 59.3 Å². The number of carbonyl (C=O) groups is 3. The number of carbonyl (C=O) groups excluding carboxylic acids is 3. The third-order valence-corrected chi connectivity index (χ3v) is 13.5. The molecule has 0 aromatic rings. The highest BCUT2D eigenvalue weighted by Gasteiger charge is 2.72. The molecular weight excluding hydrogens is 528 g/mol. The minimum Gasteiger partial charge on any atom is -0.469 e. The number of rotatable bonds is 5. The quantitative estimate of drug-likeness (QED) is 0.190. The van der Waals surface area contributed by atoms with Gasteiger partial charge in [-0.25, -0.2) is 0 Å². The highest BCUT2D eigenvalue weighted by molar-refractivity contribution is 7.85. The van der Waals surface area contributed by atoms with Crippen LogP contribution in [0.5, 0.6) is 0 Å². The molecule has 10 atom stereocenters. The van der Waals surface area contributed by atoms with Crippen molar-refractivity contribution in [2.45, 2.75) is 80.1 Å². The molecule has 3 fully saturated rings. The Balaban J connectivity index is 1.64. The molecule has 5 aliphatic rings. The summed E-state index contributed by atoms with van der Waals surface area (Å²) in [6.45, 7) is 12.8. The number of hydrogen-bond acceptors (Lipinski definition) is 7. The molecule has 0 saturated heterocycles. The molecule has 7 nitrogen and oxygen atoms in total. The van der Waals surface area contributed by atoms with Gasteiger partial charge in [0.2, 0.25) is 0 Å². The van der Waals surface area contributed by atoms with Crippen molar-refractivity contribution < 1.29 is 31.7 Å². The summed E-state index contributed by atoms with van der Waals surface area (Å²) in [5.74, 6) is 0.225. The summed E-state index contributed by atoms with van der Waals surface area (Å²) in [5, 5.41) is 0. The Bertz CT molecular complexity index is 1310. The van der Waals surface area contributed by atoms with Crippen molar-refractivity contribution in [1.82, 2.24) is 0 Å². The first kappa shape index (κ1) is 29.7. The fraction of sp³-hybridized carbons (Fsp3) is 0.781. The Labute approximate surface area is 239 Å². The maximum absolute atomic E-state index is 14.3. The summed E-state index contributed by atoms with van der Waals surface area (Å²) in [4.78, 5) is 40.4. The van der Waals surface area contributed by atoms with Crippen LogP contribution in [-0.2, 0) is 33.4 Å². The van der Waals surface area contributed by atoms with E-state index >= 15 is 0 Å². The van der Waals surface area contributed by atoms with E-state index in [0.29, 0.717) is 30.3 Å². The van der Waals surface area contributed by atoms with Gasteiger partial charge in [-0.3, -0.25) is 18.6 Å². The van der Waals surface area contributed by atoms with Gasteiger partial charge in [0.25, 0.3) is 10.1 Å². The van der Waals surface area contributed by atoms with E-state index in [2.05, 4.69) is 33.8 Å². The van der Waals surface area contributed by atoms with Crippen molar-refractivity contribution in [3.8, 4) is 0 Å². The van der Waals surface area contributed by atoms with E-state index in [9.17, 15) is 22.8 Å². The second-order valence-corrected chi connectivity index (χ2v) is 16.4. The largest absolute Gasteiger partial charge is 0.469 e. The molecule has 222 valence electrons. The minimum atomic E-state index is -3.72. The van der Waals surface area contributed by atoms with Crippen LogP contribution in [0.1, 0.15) is 80.1 Å². The van der Waals surface area contributed by atoms with Crippen molar-refractivity contribution in [2.24, 2.45) is 56.7 Å². The molecule has 8 heteroatoms. The number of fused-ring (bicyclic) bond motifs is 7. The Hall–Kier alpha value is -1.80. The molecule has 0 heterocycles. The number of hydrogen-bond donors (Lipinski definition) is 0. The van der Waals surface area contributed by atoms with Crippen molar-refractivity contribution in [3.63, 3.8) is 0 Å². The Kier molecular flexibility index (Phi) is 6.75. The van der Waals surface area contributed by atoms with Gasteiger partial charge >= 0.3 is 5.97 Å². The second kappa shape index (κ2) is 9.10. The number of aldehydes is 1. The van der Waals surface area contributed by atoms with Gasteiger partial charge in [-0.2, -0.15) is 8.42 Å². The first-order valence-corrected chi connectivity index (χ1v) is 16.6. The fourth-order valence-corrected chi connectivity index (χ4v) is 11.2. The number of ketones is 1. The predicted octanol–water partition coefficient (Wildman–Crippen LogP) is 5.30. The lowest BCUT2D eigenvalue weighted by molar-refractivity contribution is -0.180. The fourth-order valence-electron chi connectivity index (χ4n) is 10.7. The van der Waals surface area contributed by atoms with Gasteiger partial charge in [0.15, 0.2) is 0 Å². The summed E-state index contributed by atoms with van der Waals surface area (Å²) in [6.07, 6.45) is 10.4. The maximum Gasteiger partial charge on any atom is 0.312 e. The summed E-state index contributed by atoms with van der Waals surface area (Å²) < 4.78 is 34.5. The number of methoxy groups -OCH3 is 1. The molecule has 0 amide bonds. The standard InChI is InChI=1S/C32H46O7S/c1-19-11-12-32(27(35)38-7)14-13-29(4)22(25(32)20(19)2)9-10-24-30(29,5)16-23(34)26-28(3,18-39-40(8,36)37)15-21(17-33)31(24,26)6/h9,15,17,19-20,24-26H,10-14,16,18H2,1-8H3/t19-,20+,24+,25-,26+,28+,29-,30-,31-,32+/m1/s1. The van der Waals surface area contributed by atoms with Crippen LogP contribution in [0.3, 0.4) is 0 Å². The molecule has 5 rings (SSSR count). The van der Waals surface area contributed by atoms with E-state index in [1.54, 1.807) is 0 Å². The summed E-state index contributed by atoms with van der Waals surface area (Å²) in [6, 6.07) is 0. The van der Waals surface area contributed by atoms with Crippen LogP contribution in [0.15, 0.2) is 23.3 Å². The molecule has 0 aromatic heterocycles. The zero-order valence-corrected chi connectivity index (χ0v) is 26.2. The van der Waals surface area contributed by atoms with Crippen LogP contribution in [0.25, 0.3) is 0 Å². The molecule has 0 bridgehead atoms. The third kappa shape index (κ3) is 3.69. The lowest BCUT2D eigenvalue weighted by atomic mass is 9.35. The van der Waals surface area contributed by atoms with E-state index in [1.807, 2.05) is 19.9 Å². The number of Topliss-reactive ketones (excluding diaryl/α,β-unsaturated/α-hetero) is 1. The number of ether oxygens (including phenoxy) is 1. The lowest BCUT2D eigenvalue weighted by Crippen LogP contribution is -2.65. The predicted molar refractivity (Wildman–Crippen MR) is 151 cm³/mol. The topological polar surface area (TPSA) is 104 Å². The maximum atomic E-state index is 14.3. The first-order valence-electron chi connectivity index (χ1n) is 14.8. The molecule has 0 spiro atoms. The van der Waals surface area contributed by atoms with Gasteiger partial charge in [-0.15, -0.1) is 0 Å². The molecule has 40 heavy (non-hydrogen) atoms. The summed E-state index contributed by atoms with van der Waals surface area (Å²) in [5.41, 5.74) is -1.10. The smallest absolute Gasteiger partial charge is 0.312 e. The van der Waals surface area contributed by atoms with E-state index in [0.717, 1.165) is 38.2 Å². The molecule has 0 radical (unpaired) electrons. The van der Waals surface area contributed by atoms with Gasteiger partial charge in [0, 0.05) is 23.2 Å². The zero-order chi connectivity index (χ0) is 29.7. The molecule has 0 unspecified atom stereocenters. The highest BCUT2D eigenvalue weighted by Crippen LogP contribution is 2.75. The normalized spacial score (nSPS) is 48.1. The monoisotopic (exact) mass is 574 g/mol. The van der Waals surface area contributed by atoms with Crippen LogP contribution in [0, 0.1) is 56.7 Å². The molecule has 5 aliphatic carbocycles. The van der Waals surface area contributed by atoms with E-state index in [4.69, 9.17) is 8.92 Å². The van der Waals surface area contributed by atoms with Crippen molar-refractivity contribution >= 4 is 28.2 Å². The molecular formula is C32H46O7S. The van der Waals surface area contributed by atoms with E-state index < -0.39 is 37.7 Å². The van der Waals surface area contributed by atoms with Crippen molar-refractivity contribution in [3.05, 3.63) is 23.3 Å². The SMILES string of the molecule is COC(=O)[C@]12CC[C@@H](C)[C@H](C)[C@@H]1C1=CC[C@@H]3[C@@]4(C)C(C=O)=C[C@@](C)(COS(C)(=O)=O)[C@@H]4C(=O)C[C@@]3(C)[C@]1(C)CC2. The first-order chi connectivity index (χ1) is 18.4. The van der Waals surface area contributed by atoms with Crippen molar-refractivity contribution in [2.75, 3.05) is 20.0 Å². The molecule has 0 aliphatic heterocycles. The van der Waals surface area contributed by atoms with Crippen LogP contribution < -0.4 is 0 Å². The van der Waals surface area contributed by atoms with Crippen molar-refractivity contribution in [1.29, 1.82) is 0 Å². The average Bonchev–Trinajstić information content (AvgIpc) is 3.12. The average molecular weight is 575 g/mol. The lowest BCUT2D eigenvalue weighted by Gasteiger charge is -2.68. The molecule has 3 saturated carbocycles. The van der Waals surface area contributed by atoms with E-state index in [-0.39, 0.29) is 35.6 Å². The Morgan fingerprint density at radius 3 is 2.40 bits per heavy atom. The Morgan fingerprint density at radius 2 is 1.80 bits per heavy atom. The van der Waals surface area contributed by atoms with Crippen LogP contribution >= 0.6 is 0 Å². The molecule has 0 N–H and O–H groups in total. The van der Waals surface area contributed by atoms with Crippen LogP contribution in [-0.4, -0.2) is 46.4 Å². The third-order valence-electron chi connectivity index (χ3n) is 13.0.